The Morgan fingerprint density at radius 3 is 2.56 bits per heavy atom. The molecule has 1 amide bonds. The third kappa shape index (κ3) is 3.38. The summed E-state index contributed by atoms with van der Waals surface area (Å²) in [5.74, 6) is -0.591. The Bertz CT molecular complexity index is 264. The van der Waals surface area contributed by atoms with Gasteiger partial charge in [0.2, 0.25) is 5.91 Å². The van der Waals surface area contributed by atoms with E-state index in [1.165, 1.54) is 11.8 Å². The van der Waals surface area contributed by atoms with Gasteiger partial charge in [-0.2, -0.15) is 11.8 Å². The minimum absolute atomic E-state index is 0.111. The van der Waals surface area contributed by atoms with Crippen LogP contribution in [-0.4, -0.2) is 48.8 Å². The smallest absolute Gasteiger partial charge is 0.311 e. The Kier molecular flexibility index (Phi) is 5.08. The van der Waals surface area contributed by atoms with E-state index in [2.05, 4.69) is 5.32 Å². The molecule has 0 aromatic rings. The number of carboxylic acids is 1. The van der Waals surface area contributed by atoms with Crippen LogP contribution in [0.5, 0.6) is 0 Å². The summed E-state index contributed by atoms with van der Waals surface area (Å²) in [5, 5.41) is 11.9. The first kappa shape index (κ1) is 13.3. The molecule has 2 N–H and O–H groups in total. The van der Waals surface area contributed by atoms with Crippen LogP contribution in [0.15, 0.2) is 0 Å². The summed E-state index contributed by atoms with van der Waals surface area (Å²) < 4.78 is 5.15. The quantitative estimate of drug-likeness (QED) is 0.733. The summed E-state index contributed by atoms with van der Waals surface area (Å²) in [6.07, 6.45) is 2.75. The first-order valence-corrected chi connectivity index (χ1v) is 6.57. The van der Waals surface area contributed by atoms with Crippen LogP contribution in [0.1, 0.15) is 12.8 Å². The lowest BCUT2D eigenvalue weighted by Crippen LogP contribution is -2.46. The van der Waals surface area contributed by atoms with E-state index in [0.29, 0.717) is 31.8 Å². The summed E-state index contributed by atoms with van der Waals surface area (Å²) >= 11 is 1.42. The molecule has 1 fully saturated rings. The van der Waals surface area contributed by atoms with Gasteiger partial charge in [0, 0.05) is 19.8 Å². The van der Waals surface area contributed by atoms with Gasteiger partial charge in [0.25, 0.3) is 0 Å². The van der Waals surface area contributed by atoms with E-state index in [-0.39, 0.29) is 12.5 Å². The van der Waals surface area contributed by atoms with Gasteiger partial charge < -0.3 is 15.2 Å². The summed E-state index contributed by atoms with van der Waals surface area (Å²) in [6, 6.07) is 0. The summed E-state index contributed by atoms with van der Waals surface area (Å²) in [7, 11) is 0. The second-order valence-electron chi connectivity index (χ2n) is 3.91. The number of carbonyl (C=O) groups excluding carboxylic acids is 1. The van der Waals surface area contributed by atoms with Gasteiger partial charge in [-0.1, -0.05) is 0 Å². The van der Waals surface area contributed by atoms with Crippen molar-refractivity contribution >= 4 is 23.6 Å². The summed E-state index contributed by atoms with van der Waals surface area (Å²) in [5.41, 5.74) is -0.841. The van der Waals surface area contributed by atoms with E-state index in [0.717, 1.165) is 0 Å². The third-order valence-electron chi connectivity index (χ3n) is 2.80. The van der Waals surface area contributed by atoms with Gasteiger partial charge >= 0.3 is 5.97 Å². The maximum atomic E-state index is 11.3. The van der Waals surface area contributed by atoms with Crippen LogP contribution in [-0.2, 0) is 14.3 Å². The van der Waals surface area contributed by atoms with Gasteiger partial charge in [-0.15, -0.1) is 0 Å². The second kappa shape index (κ2) is 6.10. The van der Waals surface area contributed by atoms with Gasteiger partial charge in [0.15, 0.2) is 0 Å². The number of carbonyl (C=O) groups is 2. The van der Waals surface area contributed by atoms with Crippen molar-refractivity contribution in [3.63, 3.8) is 0 Å². The second-order valence-corrected chi connectivity index (χ2v) is 4.77. The van der Waals surface area contributed by atoms with Gasteiger partial charge in [-0.3, -0.25) is 9.59 Å². The fourth-order valence-corrected chi connectivity index (χ4v) is 2.04. The number of hydrogen-bond donors (Lipinski definition) is 2. The number of hydrogen-bond acceptors (Lipinski definition) is 4. The molecule has 5 nitrogen and oxygen atoms in total. The van der Waals surface area contributed by atoms with Crippen molar-refractivity contribution in [2.24, 2.45) is 5.41 Å². The number of carboxylic acid groups (broad SMARTS) is 1. The topological polar surface area (TPSA) is 75.6 Å². The van der Waals surface area contributed by atoms with Gasteiger partial charge in [0.05, 0.1) is 11.2 Å². The zero-order chi connectivity index (χ0) is 12.0. The molecule has 92 valence electrons. The van der Waals surface area contributed by atoms with E-state index in [9.17, 15) is 14.7 Å². The lowest BCUT2D eigenvalue weighted by Gasteiger charge is -2.33. The maximum absolute atomic E-state index is 11.3. The average Bonchev–Trinajstić information content (AvgIpc) is 2.28. The first-order valence-electron chi connectivity index (χ1n) is 5.17. The first-order chi connectivity index (χ1) is 7.60. The highest BCUT2D eigenvalue weighted by molar-refractivity contribution is 7.99. The average molecular weight is 247 g/mol. The largest absolute Gasteiger partial charge is 0.481 e. The van der Waals surface area contributed by atoms with Gasteiger partial charge in [0.1, 0.15) is 0 Å². The summed E-state index contributed by atoms with van der Waals surface area (Å²) in [4.78, 5) is 22.5. The molecule has 0 aliphatic carbocycles. The lowest BCUT2D eigenvalue weighted by atomic mass is 9.80. The lowest BCUT2D eigenvalue weighted by molar-refractivity contribution is -0.154. The molecular weight excluding hydrogens is 230 g/mol. The predicted molar refractivity (Wildman–Crippen MR) is 61.5 cm³/mol. The number of amides is 1. The zero-order valence-electron chi connectivity index (χ0n) is 9.32. The molecular formula is C10H17NO4S. The third-order valence-corrected chi connectivity index (χ3v) is 3.35. The minimum Gasteiger partial charge on any atom is -0.481 e. The number of thioether (sulfide) groups is 1. The van der Waals surface area contributed by atoms with Crippen LogP contribution in [0, 0.1) is 5.41 Å². The molecule has 0 aromatic heterocycles. The number of rotatable bonds is 5. The molecule has 1 aliphatic rings. The van der Waals surface area contributed by atoms with Gasteiger partial charge in [-0.25, -0.2) is 0 Å². The molecule has 1 aliphatic heterocycles. The minimum atomic E-state index is -0.847. The molecule has 0 bridgehead atoms. The Hall–Kier alpha value is -0.750. The molecule has 1 rings (SSSR count). The fraction of sp³-hybridized carbons (Fsp3) is 0.800. The van der Waals surface area contributed by atoms with Crippen LogP contribution in [0.4, 0.5) is 0 Å². The number of nitrogens with one attached hydrogen (secondary N) is 1. The van der Waals surface area contributed by atoms with Crippen LogP contribution < -0.4 is 5.32 Å². The molecule has 0 spiro atoms. The highest BCUT2D eigenvalue weighted by Gasteiger charge is 2.40. The predicted octanol–water partition coefficient (Wildman–Crippen LogP) is 0.347. The van der Waals surface area contributed by atoms with E-state index in [1.807, 2.05) is 6.26 Å². The maximum Gasteiger partial charge on any atom is 0.311 e. The number of ether oxygens (including phenoxy) is 1. The van der Waals surface area contributed by atoms with E-state index in [1.54, 1.807) is 0 Å². The van der Waals surface area contributed by atoms with E-state index < -0.39 is 11.4 Å². The molecule has 1 saturated heterocycles. The monoisotopic (exact) mass is 247 g/mol. The molecule has 0 aromatic carbocycles. The van der Waals surface area contributed by atoms with E-state index >= 15 is 0 Å². The van der Waals surface area contributed by atoms with Crippen molar-refractivity contribution in [3.05, 3.63) is 0 Å². The Balaban J connectivity index is 2.51. The molecule has 0 saturated carbocycles. The van der Waals surface area contributed by atoms with Crippen molar-refractivity contribution < 1.29 is 19.4 Å². The summed E-state index contributed by atoms with van der Waals surface area (Å²) in [6.45, 7) is 1.10. The zero-order valence-corrected chi connectivity index (χ0v) is 10.1. The van der Waals surface area contributed by atoms with Crippen LogP contribution in [0.2, 0.25) is 0 Å². The SMILES string of the molecule is CSCC(=O)NCC1(C(=O)O)CCOCC1. The number of aliphatic carboxylic acids is 1. The van der Waals surface area contributed by atoms with Crippen molar-refractivity contribution in [2.45, 2.75) is 12.8 Å². The van der Waals surface area contributed by atoms with Crippen molar-refractivity contribution in [3.8, 4) is 0 Å². The Morgan fingerprint density at radius 1 is 1.44 bits per heavy atom. The molecule has 16 heavy (non-hydrogen) atoms. The highest BCUT2D eigenvalue weighted by Crippen LogP contribution is 2.30. The van der Waals surface area contributed by atoms with Crippen LogP contribution in [0.3, 0.4) is 0 Å². The fourth-order valence-electron chi connectivity index (χ4n) is 1.68. The van der Waals surface area contributed by atoms with Crippen molar-refractivity contribution in [1.29, 1.82) is 0 Å². The Morgan fingerprint density at radius 2 is 2.06 bits per heavy atom. The normalized spacial score (nSPS) is 19.1. The van der Waals surface area contributed by atoms with Crippen LogP contribution in [0.25, 0.3) is 0 Å². The highest BCUT2D eigenvalue weighted by atomic mass is 32.2. The molecule has 6 heteroatoms. The van der Waals surface area contributed by atoms with Crippen LogP contribution >= 0.6 is 11.8 Å². The standard InChI is InChI=1S/C10H17NO4S/c1-16-6-8(12)11-7-10(9(13)14)2-4-15-5-3-10/h2-7H2,1H3,(H,11,12)(H,13,14). The molecule has 0 unspecified atom stereocenters. The van der Waals surface area contributed by atoms with Gasteiger partial charge in [-0.05, 0) is 19.1 Å². The Labute approximate surface area is 98.9 Å². The van der Waals surface area contributed by atoms with E-state index in [4.69, 9.17) is 4.74 Å². The molecule has 0 radical (unpaired) electrons. The molecule has 1 heterocycles. The van der Waals surface area contributed by atoms with Crippen molar-refractivity contribution in [1.82, 2.24) is 5.32 Å². The van der Waals surface area contributed by atoms with Crippen molar-refractivity contribution in [2.75, 3.05) is 31.8 Å². The molecule has 0 atom stereocenters.